The highest BCUT2D eigenvalue weighted by atomic mass is 16.6. The van der Waals surface area contributed by atoms with Crippen molar-refractivity contribution in [3.63, 3.8) is 0 Å². The van der Waals surface area contributed by atoms with E-state index in [0.717, 1.165) is 0 Å². The number of alkyl carbamates (subject to hydrolysis) is 1. The second-order valence-corrected chi connectivity index (χ2v) is 5.18. The van der Waals surface area contributed by atoms with Gasteiger partial charge in [0.1, 0.15) is 5.60 Å². The Bertz CT molecular complexity index is 437. The van der Waals surface area contributed by atoms with Crippen molar-refractivity contribution < 1.29 is 19.4 Å². The minimum absolute atomic E-state index is 0.00569. The molecule has 0 spiro atoms. The summed E-state index contributed by atoms with van der Waals surface area (Å²) in [5, 5.41) is 11.7. The molecule has 2 N–H and O–H groups in total. The lowest BCUT2D eigenvalue weighted by Gasteiger charge is -2.21. The molecule has 0 unspecified atom stereocenters. The number of carboxylic acid groups (broad SMARTS) is 1. The molecule has 1 amide bonds. The zero-order valence-corrected chi connectivity index (χ0v) is 13.3. The van der Waals surface area contributed by atoms with Gasteiger partial charge in [-0.15, -0.1) is 0 Å². The summed E-state index contributed by atoms with van der Waals surface area (Å²) in [4.78, 5) is 22.7. The van der Waals surface area contributed by atoms with Gasteiger partial charge in [0.05, 0.1) is 5.92 Å². The van der Waals surface area contributed by atoms with E-state index in [1.165, 1.54) is 0 Å². The Labute approximate surface area is 126 Å². The van der Waals surface area contributed by atoms with Crippen LogP contribution in [0.15, 0.2) is 30.3 Å². The predicted molar refractivity (Wildman–Crippen MR) is 82.4 cm³/mol. The Kier molecular flexibility index (Phi) is 8.12. The van der Waals surface area contributed by atoms with E-state index in [2.05, 4.69) is 5.32 Å². The fraction of sp³-hybridized carbons (Fsp3) is 0.500. The van der Waals surface area contributed by atoms with Gasteiger partial charge in [-0.05, 0) is 26.3 Å². The number of amides is 1. The van der Waals surface area contributed by atoms with Crippen molar-refractivity contribution >= 4 is 12.1 Å². The SMILES string of the molecule is CC.CC(C)(C)OC(=O)NC[C@@H](C(=O)O)c1ccccc1. The van der Waals surface area contributed by atoms with E-state index in [-0.39, 0.29) is 6.54 Å². The number of benzene rings is 1. The molecule has 5 heteroatoms. The molecule has 0 aliphatic carbocycles. The number of carboxylic acids is 1. The van der Waals surface area contributed by atoms with Gasteiger partial charge in [0.25, 0.3) is 0 Å². The summed E-state index contributed by atoms with van der Waals surface area (Å²) in [6, 6.07) is 8.77. The van der Waals surface area contributed by atoms with E-state index in [1.54, 1.807) is 45.0 Å². The van der Waals surface area contributed by atoms with Crippen LogP contribution < -0.4 is 5.32 Å². The van der Waals surface area contributed by atoms with Crippen LogP contribution in [0.4, 0.5) is 4.79 Å². The topological polar surface area (TPSA) is 75.6 Å². The Balaban J connectivity index is 0.00000191. The van der Waals surface area contributed by atoms with E-state index in [4.69, 9.17) is 4.74 Å². The zero-order valence-electron chi connectivity index (χ0n) is 13.3. The lowest BCUT2D eigenvalue weighted by atomic mass is 9.99. The molecule has 1 aromatic carbocycles. The van der Waals surface area contributed by atoms with Crippen LogP contribution in [0, 0.1) is 0 Å². The van der Waals surface area contributed by atoms with Crippen molar-refractivity contribution in [2.75, 3.05) is 6.54 Å². The van der Waals surface area contributed by atoms with Crippen LogP contribution in [-0.2, 0) is 9.53 Å². The summed E-state index contributed by atoms with van der Waals surface area (Å²) in [7, 11) is 0. The Morgan fingerprint density at radius 2 is 1.71 bits per heavy atom. The first-order valence-corrected chi connectivity index (χ1v) is 7.04. The molecule has 1 aromatic rings. The normalized spacial score (nSPS) is 11.7. The van der Waals surface area contributed by atoms with Crippen molar-refractivity contribution in [2.45, 2.75) is 46.1 Å². The molecule has 0 saturated carbocycles. The molecule has 1 atom stereocenters. The highest BCUT2D eigenvalue weighted by molar-refractivity contribution is 5.77. The summed E-state index contributed by atoms with van der Waals surface area (Å²) in [6.07, 6.45) is -0.616. The first-order valence-electron chi connectivity index (χ1n) is 7.04. The van der Waals surface area contributed by atoms with Gasteiger partial charge in [0.15, 0.2) is 0 Å². The molecule has 0 aliphatic rings. The number of hydrogen-bond acceptors (Lipinski definition) is 3. The number of aliphatic carboxylic acids is 1. The third-order valence-electron chi connectivity index (χ3n) is 2.35. The van der Waals surface area contributed by atoms with E-state index < -0.39 is 23.6 Å². The predicted octanol–water partition coefficient (Wildman–Crippen LogP) is 3.41. The van der Waals surface area contributed by atoms with Crippen LogP contribution in [0.2, 0.25) is 0 Å². The fourth-order valence-corrected chi connectivity index (χ4v) is 1.53. The molecule has 0 bridgehead atoms. The highest BCUT2D eigenvalue weighted by Gasteiger charge is 2.22. The van der Waals surface area contributed by atoms with Crippen molar-refractivity contribution in [1.29, 1.82) is 0 Å². The molecule has 0 heterocycles. The van der Waals surface area contributed by atoms with Gasteiger partial charge in [0, 0.05) is 6.54 Å². The molecule has 0 aliphatic heterocycles. The molecule has 0 saturated heterocycles. The first-order chi connectivity index (χ1) is 9.79. The summed E-state index contributed by atoms with van der Waals surface area (Å²) >= 11 is 0. The van der Waals surface area contributed by atoms with Crippen molar-refractivity contribution in [3.8, 4) is 0 Å². The molecule has 0 radical (unpaired) electrons. The van der Waals surface area contributed by atoms with Crippen molar-refractivity contribution in [3.05, 3.63) is 35.9 Å². The number of carbonyl (C=O) groups excluding carboxylic acids is 1. The van der Waals surface area contributed by atoms with Crippen LogP contribution in [0.5, 0.6) is 0 Å². The van der Waals surface area contributed by atoms with Gasteiger partial charge in [-0.25, -0.2) is 4.79 Å². The number of nitrogens with one attached hydrogen (secondary N) is 1. The monoisotopic (exact) mass is 295 g/mol. The minimum atomic E-state index is -0.984. The molecule has 21 heavy (non-hydrogen) atoms. The standard InChI is InChI=1S/C14H19NO4.C2H6/c1-14(2,3)19-13(18)15-9-11(12(16)17)10-7-5-4-6-8-10;1-2/h4-8,11H,9H2,1-3H3,(H,15,18)(H,16,17);1-2H3/t11-;/m1./s1. The number of hydrogen-bond donors (Lipinski definition) is 2. The summed E-state index contributed by atoms with van der Waals surface area (Å²) in [5.74, 6) is -1.77. The maximum Gasteiger partial charge on any atom is 0.407 e. The maximum atomic E-state index is 11.5. The molecule has 118 valence electrons. The van der Waals surface area contributed by atoms with Gasteiger partial charge in [-0.2, -0.15) is 0 Å². The molecular formula is C16H25NO4. The molecule has 5 nitrogen and oxygen atoms in total. The van der Waals surface area contributed by atoms with E-state index in [9.17, 15) is 14.7 Å². The van der Waals surface area contributed by atoms with Crippen molar-refractivity contribution in [2.24, 2.45) is 0 Å². The van der Waals surface area contributed by atoms with E-state index in [1.807, 2.05) is 19.9 Å². The zero-order chi connectivity index (χ0) is 16.5. The average molecular weight is 295 g/mol. The lowest BCUT2D eigenvalue weighted by Crippen LogP contribution is -2.36. The Morgan fingerprint density at radius 1 is 1.19 bits per heavy atom. The van der Waals surface area contributed by atoms with Crippen LogP contribution in [0.1, 0.15) is 46.1 Å². The summed E-state index contributed by atoms with van der Waals surface area (Å²) in [5.41, 5.74) is 0.0429. The van der Waals surface area contributed by atoms with E-state index in [0.29, 0.717) is 5.56 Å². The molecule has 0 fully saturated rings. The van der Waals surface area contributed by atoms with Crippen LogP contribution in [0.25, 0.3) is 0 Å². The van der Waals surface area contributed by atoms with Crippen molar-refractivity contribution in [1.82, 2.24) is 5.32 Å². The number of carbonyl (C=O) groups is 2. The summed E-state index contributed by atoms with van der Waals surface area (Å²) < 4.78 is 5.06. The first kappa shape index (κ1) is 19.0. The highest BCUT2D eigenvalue weighted by Crippen LogP contribution is 2.15. The third kappa shape index (κ3) is 7.97. The van der Waals surface area contributed by atoms with E-state index >= 15 is 0 Å². The Hall–Kier alpha value is -2.04. The smallest absolute Gasteiger partial charge is 0.407 e. The van der Waals surface area contributed by atoms with Gasteiger partial charge in [-0.3, -0.25) is 4.79 Å². The minimum Gasteiger partial charge on any atom is -0.481 e. The quantitative estimate of drug-likeness (QED) is 0.892. The second kappa shape index (κ2) is 9.00. The number of ether oxygens (including phenoxy) is 1. The molecule has 0 aromatic heterocycles. The fourth-order valence-electron chi connectivity index (χ4n) is 1.53. The largest absolute Gasteiger partial charge is 0.481 e. The molecular weight excluding hydrogens is 270 g/mol. The van der Waals surface area contributed by atoms with Gasteiger partial charge in [0.2, 0.25) is 0 Å². The van der Waals surface area contributed by atoms with Crippen LogP contribution >= 0.6 is 0 Å². The third-order valence-corrected chi connectivity index (χ3v) is 2.35. The summed E-state index contributed by atoms with van der Waals surface area (Å²) in [6.45, 7) is 9.24. The van der Waals surface area contributed by atoms with Crippen LogP contribution in [-0.4, -0.2) is 29.3 Å². The van der Waals surface area contributed by atoms with Gasteiger partial charge >= 0.3 is 12.1 Å². The maximum absolute atomic E-state index is 11.5. The average Bonchev–Trinajstić information content (AvgIpc) is 2.40. The molecule has 1 rings (SSSR count). The van der Waals surface area contributed by atoms with Gasteiger partial charge in [-0.1, -0.05) is 44.2 Å². The lowest BCUT2D eigenvalue weighted by molar-refractivity contribution is -0.138. The number of rotatable bonds is 4. The van der Waals surface area contributed by atoms with Gasteiger partial charge < -0.3 is 15.2 Å². The second-order valence-electron chi connectivity index (χ2n) is 5.18. The van der Waals surface area contributed by atoms with Crippen LogP contribution in [0.3, 0.4) is 0 Å². The Morgan fingerprint density at radius 3 is 2.14 bits per heavy atom.